The molecule has 0 unspecified atom stereocenters. The molecule has 0 atom stereocenters. The Bertz CT molecular complexity index is 937. The van der Waals surface area contributed by atoms with Crippen molar-refractivity contribution in [3.63, 3.8) is 0 Å². The quantitative estimate of drug-likeness (QED) is 0.718. The van der Waals surface area contributed by atoms with Gasteiger partial charge in [-0.3, -0.25) is 9.59 Å². The van der Waals surface area contributed by atoms with E-state index in [-0.39, 0.29) is 11.5 Å². The minimum atomic E-state index is -4.43. The summed E-state index contributed by atoms with van der Waals surface area (Å²) >= 11 is 0. The number of alkyl halides is 3. The van der Waals surface area contributed by atoms with Crippen LogP contribution < -0.4 is 10.6 Å². The number of halogens is 3. The Kier molecular flexibility index (Phi) is 6.41. The summed E-state index contributed by atoms with van der Waals surface area (Å²) in [6.07, 6.45) is -3.32. The second kappa shape index (κ2) is 9.00. The average Bonchev–Trinajstić information content (AvgIpc) is 2.74. The molecule has 1 aliphatic heterocycles. The highest BCUT2D eigenvalue weighted by atomic mass is 19.4. The number of rotatable bonds is 5. The first-order valence-corrected chi connectivity index (χ1v) is 9.16. The predicted octanol–water partition coefficient (Wildman–Crippen LogP) is 4.05. The van der Waals surface area contributed by atoms with Crippen LogP contribution in [0.3, 0.4) is 0 Å². The number of hydrogen-bond acceptors (Lipinski definition) is 4. The lowest BCUT2D eigenvalue weighted by atomic mass is 10.1. The summed E-state index contributed by atoms with van der Waals surface area (Å²) in [5, 5.41) is 5.59. The van der Waals surface area contributed by atoms with Crippen LogP contribution in [-0.4, -0.2) is 43.0 Å². The molecule has 6 nitrogen and oxygen atoms in total. The third-order valence-electron chi connectivity index (χ3n) is 4.49. The molecule has 1 fully saturated rings. The highest BCUT2D eigenvalue weighted by Crippen LogP contribution is 2.31. The molecule has 2 N–H and O–H groups in total. The number of anilines is 3. The number of morpholine rings is 1. The van der Waals surface area contributed by atoms with Crippen molar-refractivity contribution < 1.29 is 27.5 Å². The van der Waals surface area contributed by atoms with Gasteiger partial charge in [-0.15, -0.1) is 0 Å². The SMILES string of the molecule is C=CC(=O)Nc1ccc(Nc2ccc(C(F)(F)F)cc2)c(C(=O)N2CCOCC2)c1. The Balaban J connectivity index is 1.90. The molecular formula is C21H20F3N3O3. The molecule has 1 saturated heterocycles. The standard InChI is InChI=1S/C21H20F3N3O3/c1-2-19(28)26-16-7-8-18(17(13-16)20(29)27-9-11-30-12-10-27)25-15-5-3-14(4-6-15)21(22,23)24/h2-8,13,25H,1,9-12H2,(H,26,28). The van der Waals surface area contributed by atoms with Gasteiger partial charge in [0, 0.05) is 24.5 Å². The summed E-state index contributed by atoms with van der Waals surface area (Å²) < 4.78 is 43.6. The van der Waals surface area contributed by atoms with Gasteiger partial charge >= 0.3 is 6.18 Å². The largest absolute Gasteiger partial charge is 0.416 e. The smallest absolute Gasteiger partial charge is 0.378 e. The van der Waals surface area contributed by atoms with Crippen molar-refractivity contribution in [1.29, 1.82) is 0 Å². The zero-order valence-corrected chi connectivity index (χ0v) is 16.0. The molecule has 2 aromatic rings. The summed E-state index contributed by atoms with van der Waals surface area (Å²) in [7, 11) is 0. The van der Waals surface area contributed by atoms with E-state index in [4.69, 9.17) is 4.74 Å². The van der Waals surface area contributed by atoms with E-state index in [1.165, 1.54) is 18.2 Å². The lowest BCUT2D eigenvalue weighted by molar-refractivity contribution is -0.137. The van der Waals surface area contributed by atoms with Gasteiger partial charge in [0.1, 0.15) is 0 Å². The van der Waals surface area contributed by atoms with Crippen molar-refractivity contribution in [2.24, 2.45) is 0 Å². The van der Waals surface area contributed by atoms with Gasteiger partial charge in [0.2, 0.25) is 5.91 Å². The molecule has 1 heterocycles. The van der Waals surface area contributed by atoms with E-state index >= 15 is 0 Å². The summed E-state index contributed by atoms with van der Waals surface area (Å²) in [4.78, 5) is 26.3. The van der Waals surface area contributed by atoms with Crippen LogP contribution in [-0.2, 0) is 15.7 Å². The first-order chi connectivity index (χ1) is 14.3. The van der Waals surface area contributed by atoms with Crippen molar-refractivity contribution in [1.82, 2.24) is 4.90 Å². The molecule has 0 bridgehead atoms. The molecule has 0 aliphatic carbocycles. The van der Waals surface area contributed by atoms with Crippen molar-refractivity contribution in [3.05, 3.63) is 66.2 Å². The summed E-state index contributed by atoms with van der Waals surface area (Å²) in [5.41, 5.74) is 0.707. The maximum atomic E-state index is 13.1. The Morgan fingerprint density at radius 2 is 1.67 bits per heavy atom. The predicted molar refractivity (Wildman–Crippen MR) is 107 cm³/mol. The molecule has 1 aliphatic rings. The Hall–Kier alpha value is -3.33. The summed E-state index contributed by atoms with van der Waals surface area (Å²) in [5.74, 6) is -0.703. The molecule has 0 spiro atoms. The zero-order chi connectivity index (χ0) is 21.7. The number of benzene rings is 2. The molecule has 2 aromatic carbocycles. The van der Waals surface area contributed by atoms with Crippen molar-refractivity contribution >= 4 is 28.9 Å². The second-order valence-corrected chi connectivity index (χ2v) is 6.56. The molecule has 9 heteroatoms. The highest BCUT2D eigenvalue weighted by molar-refractivity contribution is 6.04. The first-order valence-electron chi connectivity index (χ1n) is 9.16. The van der Waals surface area contributed by atoms with E-state index in [0.717, 1.165) is 18.2 Å². The van der Waals surface area contributed by atoms with Crippen LogP contribution in [0.25, 0.3) is 0 Å². The lowest BCUT2D eigenvalue weighted by Gasteiger charge is -2.28. The number of carbonyl (C=O) groups is 2. The van der Waals surface area contributed by atoms with E-state index in [1.54, 1.807) is 17.0 Å². The summed E-state index contributed by atoms with van der Waals surface area (Å²) in [6, 6.07) is 9.20. The summed E-state index contributed by atoms with van der Waals surface area (Å²) in [6.45, 7) is 5.06. The van der Waals surface area contributed by atoms with E-state index in [9.17, 15) is 22.8 Å². The van der Waals surface area contributed by atoms with Crippen LogP contribution in [0.2, 0.25) is 0 Å². The van der Waals surface area contributed by atoms with E-state index in [1.807, 2.05) is 0 Å². The van der Waals surface area contributed by atoms with Crippen molar-refractivity contribution in [2.45, 2.75) is 6.18 Å². The number of carbonyl (C=O) groups excluding carboxylic acids is 2. The maximum absolute atomic E-state index is 13.1. The van der Waals surface area contributed by atoms with Crippen molar-refractivity contribution in [3.8, 4) is 0 Å². The molecule has 0 radical (unpaired) electrons. The van der Waals surface area contributed by atoms with Gasteiger partial charge in [-0.1, -0.05) is 6.58 Å². The average molecular weight is 419 g/mol. The fourth-order valence-corrected chi connectivity index (χ4v) is 2.94. The Morgan fingerprint density at radius 1 is 1.03 bits per heavy atom. The van der Waals surface area contributed by atoms with Crippen LogP contribution >= 0.6 is 0 Å². The van der Waals surface area contributed by atoms with Crippen molar-refractivity contribution in [2.75, 3.05) is 36.9 Å². The van der Waals surface area contributed by atoms with Crippen LogP contribution in [0.15, 0.2) is 55.1 Å². The number of amides is 2. The maximum Gasteiger partial charge on any atom is 0.416 e. The fourth-order valence-electron chi connectivity index (χ4n) is 2.94. The van der Waals surface area contributed by atoms with Crippen LogP contribution in [0, 0.1) is 0 Å². The molecule has 158 valence electrons. The lowest BCUT2D eigenvalue weighted by Crippen LogP contribution is -2.40. The van der Waals surface area contributed by atoms with Gasteiger partial charge in [0.25, 0.3) is 5.91 Å². The minimum absolute atomic E-state index is 0.276. The van der Waals surface area contributed by atoms with Gasteiger partial charge in [-0.25, -0.2) is 0 Å². The van der Waals surface area contributed by atoms with E-state index < -0.39 is 17.6 Å². The fraction of sp³-hybridized carbons (Fsp3) is 0.238. The molecule has 0 saturated carbocycles. The number of nitrogens with one attached hydrogen (secondary N) is 2. The first kappa shape index (κ1) is 21.4. The van der Waals surface area contributed by atoms with Gasteiger partial charge in [0.15, 0.2) is 0 Å². The number of ether oxygens (including phenoxy) is 1. The van der Waals surface area contributed by atoms with E-state index in [0.29, 0.717) is 43.4 Å². The molecular weight excluding hydrogens is 399 g/mol. The minimum Gasteiger partial charge on any atom is -0.378 e. The highest BCUT2D eigenvalue weighted by Gasteiger charge is 2.30. The van der Waals surface area contributed by atoms with Crippen LogP contribution in [0.1, 0.15) is 15.9 Å². The van der Waals surface area contributed by atoms with Crippen LogP contribution in [0.4, 0.5) is 30.2 Å². The van der Waals surface area contributed by atoms with Gasteiger partial charge < -0.3 is 20.3 Å². The van der Waals surface area contributed by atoms with Gasteiger partial charge in [-0.05, 0) is 48.5 Å². The third kappa shape index (κ3) is 5.18. The molecule has 0 aromatic heterocycles. The Labute approximate surface area is 171 Å². The monoisotopic (exact) mass is 419 g/mol. The molecule has 30 heavy (non-hydrogen) atoms. The van der Waals surface area contributed by atoms with E-state index in [2.05, 4.69) is 17.2 Å². The Morgan fingerprint density at radius 3 is 2.27 bits per heavy atom. The van der Waals surface area contributed by atoms with Crippen LogP contribution in [0.5, 0.6) is 0 Å². The van der Waals surface area contributed by atoms with Gasteiger partial charge in [-0.2, -0.15) is 13.2 Å². The van der Waals surface area contributed by atoms with Gasteiger partial charge in [0.05, 0.1) is 30.0 Å². The number of hydrogen-bond donors (Lipinski definition) is 2. The molecule has 2 amide bonds. The zero-order valence-electron chi connectivity index (χ0n) is 16.0. The number of nitrogens with zero attached hydrogens (tertiary/aromatic N) is 1. The topological polar surface area (TPSA) is 70.7 Å². The molecule has 3 rings (SSSR count). The third-order valence-corrected chi connectivity index (χ3v) is 4.49. The normalized spacial score (nSPS) is 14.2. The second-order valence-electron chi connectivity index (χ2n) is 6.56.